The second-order valence-corrected chi connectivity index (χ2v) is 7.34. The number of carbonyl (C=O) groups excluding carboxylic acids is 2. The van der Waals surface area contributed by atoms with E-state index in [1.165, 1.54) is 11.1 Å². The van der Waals surface area contributed by atoms with Crippen molar-refractivity contribution in [2.75, 3.05) is 18.9 Å². The molecule has 0 aromatic heterocycles. The van der Waals surface area contributed by atoms with E-state index >= 15 is 0 Å². The summed E-state index contributed by atoms with van der Waals surface area (Å²) in [5.74, 6) is 0.206. The molecule has 0 atom stereocenters. The Morgan fingerprint density at radius 1 is 1.19 bits per heavy atom. The molecule has 2 aromatic rings. The van der Waals surface area contributed by atoms with Gasteiger partial charge in [-0.15, -0.1) is 0 Å². The van der Waals surface area contributed by atoms with Gasteiger partial charge in [-0.2, -0.15) is 0 Å². The van der Waals surface area contributed by atoms with Crippen LogP contribution >= 0.6 is 0 Å². The molecule has 5 heteroatoms. The van der Waals surface area contributed by atoms with Gasteiger partial charge in [0.1, 0.15) is 0 Å². The minimum Gasteiger partial charge on any atom is -0.338 e. The molecule has 3 rings (SSSR count). The van der Waals surface area contributed by atoms with Crippen LogP contribution < -0.4 is 5.32 Å². The summed E-state index contributed by atoms with van der Waals surface area (Å²) in [6, 6.07) is 13.8. The summed E-state index contributed by atoms with van der Waals surface area (Å²) >= 11 is 0. The van der Waals surface area contributed by atoms with Crippen molar-refractivity contribution in [1.82, 2.24) is 9.80 Å². The Labute approximate surface area is 161 Å². The fourth-order valence-electron chi connectivity index (χ4n) is 3.41. The molecule has 1 heterocycles. The molecule has 0 aliphatic carbocycles. The zero-order valence-electron chi connectivity index (χ0n) is 16.3. The number of anilines is 1. The number of carbonyl (C=O) groups is 2. The lowest BCUT2D eigenvalue weighted by Gasteiger charge is -2.20. The molecular weight excluding hydrogens is 338 g/mol. The highest BCUT2D eigenvalue weighted by Gasteiger charge is 2.20. The summed E-state index contributed by atoms with van der Waals surface area (Å²) in [4.78, 5) is 27.9. The van der Waals surface area contributed by atoms with E-state index in [1.54, 1.807) is 11.9 Å². The third-order valence-electron chi connectivity index (χ3n) is 4.98. The zero-order chi connectivity index (χ0) is 19.4. The average molecular weight is 365 g/mol. The highest BCUT2D eigenvalue weighted by Crippen LogP contribution is 2.18. The lowest BCUT2D eigenvalue weighted by atomic mass is 10.1. The fourth-order valence-corrected chi connectivity index (χ4v) is 3.41. The van der Waals surface area contributed by atoms with Crippen molar-refractivity contribution in [3.8, 4) is 0 Å². The maximum atomic E-state index is 12.6. The van der Waals surface area contributed by atoms with E-state index < -0.39 is 0 Å². The first-order valence-electron chi connectivity index (χ1n) is 9.37. The fraction of sp³-hybridized carbons (Fsp3) is 0.364. The summed E-state index contributed by atoms with van der Waals surface area (Å²) in [5, 5.41) is 2.95. The number of urea groups is 1. The molecule has 0 unspecified atom stereocenters. The Bertz CT molecular complexity index is 847. The summed E-state index contributed by atoms with van der Waals surface area (Å²) in [6.45, 7) is 6.10. The maximum absolute atomic E-state index is 12.6. The molecule has 0 radical (unpaired) electrons. The number of benzene rings is 2. The second-order valence-electron chi connectivity index (χ2n) is 7.34. The van der Waals surface area contributed by atoms with Gasteiger partial charge in [0.15, 0.2) is 0 Å². The SMILES string of the molecule is Cc1ccc(CN(C)C(=O)Nc2cccc(CN3CCCC3=O)c2)c(C)c1. The van der Waals surface area contributed by atoms with E-state index in [9.17, 15) is 9.59 Å². The number of likely N-dealkylation sites (tertiary alicyclic amines) is 1. The van der Waals surface area contributed by atoms with E-state index in [2.05, 4.69) is 37.4 Å². The molecule has 0 saturated carbocycles. The number of rotatable bonds is 5. The van der Waals surface area contributed by atoms with Gasteiger partial charge < -0.3 is 15.1 Å². The van der Waals surface area contributed by atoms with Crippen LogP contribution in [0.4, 0.5) is 10.5 Å². The van der Waals surface area contributed by atoms with Crippen molar-refractivity contribution >= 4 is 17.6 Å². The number of aryl methyl sites for hydroxylation is 2. The van der Waals surface area contributed by atoms with Crippen LogP contribution in [0.1, 0.15) is 35.1 Å². The molecule has 1 aliphatic heterocycles. The Balaban J connectivity index is 1.61. The van der Waals surface area contributed by atoms with E-state index in [4.69, 9.17) is 0 Å². The van der Waals surface area contributed by atoms with Crippen LogP contribution in [0.5, 0.6) is 0 Å². The van der Waals surface area contributed by atoms with Crippen LogP contribution in [-0.2, 0) is 17.9 Å². The molecule has 1 N–H and O–H groups in total. The Morgan fingerprint density at radius 3 is 2.70 bits per heavy atom. The van der Waals surface area contributed by atoms with Crippen LogP contribution in [-0.4, -0.2) is 35.3 Å². The highest BCUT2D eigenvalue weighted by molar-refractivity contribution is 5.89. The second kappa shape index (κ2) is 8.25. The van der Waals surface area contributed by atoms with Gasteiger partial charge in [-0.05, 0) is 49.1 Å². The van der Waals surface area contributed by atoms with Gasteiger partial charge in [-0.1, -0.05) is 35.9 Å². The van der Waals surface area contributed by atoms with Crippen LogP contribution in [0.2, 0.25) is 0 Å². The minimum absolute atomic E-state index is 0.149. The maximum Gasteiger partial charge on any atom is 0.321 e. The van der Waals surface area contributed by atoms with Crippen LogP contribution in [0.25, 0.3) is 0 Å². The summed E-state index contributed by atoms with van der Waals surface area (Å²) in [6.07, 6.45) is 1.57. The van der Waals surface area contributed by atoms with Crippen molar-refractivity contribution in [2.24, 2.45) is 0 Å². The van der Waals surface area contributed by atoms with Gasteiger partial charge in [-0.3, -0.25) is 4.79 Å². The molecule has 27 heavy (non-hydrogen) atoms. The number of amides is 3. The van der Waals surface area contributed by atoms with E-state index in [1.807, 2.05) is 29.2 Å². The first-order valence-corrected chi connectivity index (χ1v) is 9.37. The number of nitrogens with one attached hydrogen (secondary N) is 1. The molecule has 2 aromatic carbocycles. The van der Waals surface area contributed by atoms with Crippen molar-refractivity contribution < 1.29 is 9.59 Å². The minimum atomic E-state index is -0.149. The Morgan fingerprint density at radius 2 is 2.00 bits per heavy atom. The van der Waals surface area contributed by atoms with Gasteiger partial charge in [-0.25, -0.2) is 4.79 Å². The Hall–Kier alpha value is -2.82. The number of nitrogens with zero attached hydrogens (tertiary/aromatic N) is 2. The lowest BCUT2D eigenvalue weighted by Crippen LogP contribution is -2.31. The van der Waals surface area contributed by atoms with E-state index in [-0.39, 0.29) is 11.9 Å². The molecule has 1 aliphatic rings. The van der Waals surface area contributed by atoms with Crippen LogP contribution in [0.15, 0.2) is 42.5 Å². The molecule has 0 spiro atoms. The predicted molar refractivity (Wildman–Crippen MR) is 107 cm³/mol. The normalized spacial score (nSPS) is 13.7. The lowest BCUT2D eigenvalue weighted by molar-refractivity contribution is -0.128. The molecule has 142 valence electrons. The van der Waals surface area contributed by atoms with Crippen LogP contribution in [0, 0.1) is 13.8 Å². The van der Waals surface area contributed by atoms with Gasteiger partial charge >= 0.3 is 6.03 Å². The van der Waals surface area contributed by atoms with Gasteiger partial charge in [0.25, 0.3) is 0 Å². The monoisotopic (exact) mass is 365 g/mol. The smallest absolute Gasteiger partial charge is 0.321 e. The van der Waals surface area contributed by atoms with Crippen molar-refractivity contribution in [1.29, 1.82) is 0 Å². The van der Waals surface area contributed by atoms with Crippen molar-refractivity contribution in [3.05, 3.63) is 64.7 Å². The summed E-state index contributed by atoms with van der Waals surface area (Å²) < 4.78 is 0. The number of hydrogen-bond acceptors (Lipinski definition) is 2. The molecule has 0 bridgehead atoms. The topological polar surface area (TPSA) is 52.7 Å². The quantitative estimate of drug-likeness (QED) is 0.868. The standard InChI is InChI=1S/C22H27N3O2/c1-16-9-10-19(17(2)12-16)15-24(3)22(27)23-20-7-4-6-18(13-20)14-25-11-5-8-21(25)26/h4,6-7,9-10,12-13H,5,8,11,14-15H2,1-3H3,(H,23,27). The average Bonchev–Trinajstić information content (AvgIpc) is 3.02. The van der Waals surface area contributed by atoms with Gasteiger partial charge in [0, 0.05) is 38.8 Å². The largest absolute Gasteiger partial charge is 0.338 e. The third-order valence-corrected chi connectivity index (χ3v) is 4.98. The number of hydrogen-bond donors (Lipinski definition) is 1. The van der Waals surface area contributed by atoms with Crippen LogP contribution in [0.3, 0.4) is 0 Å². The first kappa shape index (κ1) is 19.0. The van der Waals surface area contributed by atoms with Gasteiger partial charge in [0.2, 0.25) is 5.91 Å². The van der Waals surface area contributed by atoms with E-state index in [0.29, 0.717) is 19.5 Å². The zero-order valence-corrected chi connectivity index (χ0v) is 16.3. The molecule has 5 nitrogen and oxygen atoms in total. The summed E-state index contributed by atoms with van der Waals surface area (Å²) in [5.41, 5.74) is 5.32. The van der Waals surface area contributed by atoms with Crippen molar-refractivity contribution in [3.63, 3.8) is 0 Å². The molecule has 3 amide bonds. The highest BCUT2D eigenvalue weighted by atomic mass is 16.2. The molecule has 1 saturated heterocycles. The molecule has 1 fully saturated rings. The van der Waals surface area contributed by atoms with Gasteiger partial charge in [0.05, 0.1) is 0 Å². The first-order chi connectivity index (χ1) is 12.9. The van der Waals surface area contributed by atoms with E-state index in [0.717, 1.165) is 29.8 Å². The predicted octanol–water partition coefficient (Wildman–Crippen LogP) is 4.09. The van der Waals surface area contributed by atoms with Crippen molar-refractivity contribution in [2.45, 2.75) is 39.8 Å². The summed E-state index contributed by atoms with van der Waals surface area (Å²) in [7, 11) is 1.79. The molecular formula is C22H27N3O2. The third kappa shape index (κ3) is 4.88. The Kier molecular flexibility index (Phi) is 5.79.